The lowest BCUT2D eigenvalue weighted by atomic mass is 10.2. The van der Waals surface area contributed by atoms with Crippen LogP contribution in [0.2, 0.25) is 0 Å². The number of hydrogen-bond donors (Lipinski definition) is 1. The van der Waals surface area contributed by atoms with Crippen LogP contribution in [0.4, 0.5) is 11.6 Å². The fourth-order valence-corrected chi connectivity index (χ4v) is 2.47. The van der Waals surface area contributed by atoms with Gasteiger partial charge in [-0.1, -0.05) is 13.3 Å². The second-order valence-electron chi connectivity index (χ2n) is 5.83. The number of hydrogen-bond acceptors (Lipinski definition) is 6. The number of nitrogens with one attached hydrogen (secondary N) is 1. The molecule has 0 fully saturated rings. The van der Waals surface area contributed by atoms with Crippen LogP contribution in [-0.2, 0) is 0 Å². The third-order valence-electron chi connectivity index (χ3n) is 3.86. The summed E-state index contributed by atoms with van der Waals surface area (Å²) in [6.07, 6.45) is 3.74. The minimum atomic E-state index is -0.288. The first-order chi connectivity index (χ1) is 12.2. The van der Waals surface area contributed by atoms with Crippen LogP contribution in [0.1, 0.15) is 30.3 Å². The maximum atomic E-state index is 12.5. The van der Waals surface area contributed by atoms with Crippen molar-refractivity contribution >= 4 is 17.5 Å². The Labute approximate surface area is 147 Å². The Kier molecular flexibility index (Phi) is 5.33. The van der Waals surface area contributed by atoms with E-state index < -0.39 is 0 Å². The van der Waals surface area contributed by atoms with Crippen molar-refractivity contribution in [3.05, 3.63) is 36.2 Å². The average molecular weight is 342 g/mol. The smallest absolute Gasteiger partial charge is 0.274 e. The third-order valence-corrected chi connectivity index (χ3v) is 3.86. The van der Waals surface area contributed by atoms with Gasteiger partial charge in [-0.2, -0.15) is 0 Å². The molecule has 1 aromatic heterocycles. The summed E-state index contributed by atoms with van der Waals surface area (Å²) in [5, 5.41) is 2.83. The molecule has 7 nitrogen and oxygen atoms in total. The number of rotatable bonds is 6. The molecule has 7 heteroatoms. The van der Waals surface area contributed by atoms with Gasteiger partial charge in [0.05, 0.1) is 0 Å². The number of ether oxygens (including phenoxy) is 2. The first-order valence-electron chi connectivity index (χ1n) is 8.42. The Morgan fingerprint density at radius 1 is 1.24 bits per heavy atom. The molecule has 0 atom stereocenters. The van der Waals surface area contributed by atoms with Crippen LogP contribution in [0.5, 0.6) is 11.5 Å². The Morgan fingerprint density at radius 3 is 2.84 bits per heavy atom. The summed E-state index contributed by atoms with van der Waals surface area (Å²) in [6.45, 7) is 4.02. The van der Waals surface area contributed by atoms with Gasteiger partial charge in [-0.15, -0.1) is 0 Å². The van der Waals surface area contributed by atoms with E-state index in [0.29, 0.717) is 42.0 Å². The number of anilines is 2. The fraction of sp³-hybridized carbons (Fsp3) is 0.389. The molecule has 1 amide bonds. The van der Waals surface area contributed by atoms with Crippen molar-refractivity contribution in [2.45, 2.75) is 19.8 Å². The molecule has 2 aromatic rings. The van der Waals surface area contributed by atoms with Crippen molar-refractivity contribution in [3.8, 4) is 11.5 Å². The molecule has 2 heterocycles. The fourth-order valence-electron chi connectivity index (χ4n) is 2.47. The second-order valence-corrected chi connectivity index (χ2v) is 5.83. The predicted molar refractivity (Wildman–Crippen MR) is 95.6 cm³/mol. The zero-order chi connectivity index (χ0) is 17.6. The highest BCUT2D eigenvalue weighted by Gasteiger charge is 2.15. The van der Waals surface area contributed by atoms with Gasteiger partial charge < -0.3 is 19.7 Å². The topological polar surface area (TPSA) is 76.6 Å². The quantitative estimate of drug-likeness (QED) is 0.870. The second kappa shape index (κ2) is 7.83. The molecule has 3 rings (SSSR count). The van der Waals surface area contributed by atoms with Gasteiger partial charge in [0, 0.05) is 31.5 Å². The highest BCUT2D eigenvalue weighted by Crippen LogP contribution is 2.32. The molecule has 0 saturated heterocycles. The van der Waals surface area contributed by atoms with Crippen LogP contribution in [0.25, 0.3) is 0 Å². The van der Waals surface area contributed by atoms with Crippen molar-refractivity contribution in [3.63, 3.8) is 0 Å². The highest BCUT2D eigenvalue weighted by atomic mass is 16.6. The molecule has 0 aliphatic carbocycles. The van der Waals surface area contributed by atoms with E-state index in [9.17, 15) is 4.79 Å². The molecule has 1 aromatic carbocycles. The largest absolute Gasteiger partial charge is 0.486 e. The number of amides is 1. The van der Waals surface area contributed by atoms with Crippen molar-refractivity contribution in [1.29, 1.82) is 0 Å². The molecule has 0 spiro atoms. The Hall–Kier alpha value is -2.83. The monoisotopic (exact) mass is 342 g/mol. The van der Waals surface area contributed by atoms with E-state index in [1.165, 1.54) is 0 Å². The van der Waals surface area contributed by atoms with E-state index in [1.807, 2.05) is 11.9 Å². The van der Waals surface area contributed by atoms with E-state index in [0.717, 1.165) is 19.4 Å². The number of nitrogens with zero attached hydrogens (tertiary/aromatic N) is 3. The van der Waals surface area contributed by atoms with Crippen LogP contribution < -0.4 is 19.7 Å². The number of carbonyl (C=O) groups is 1. The molecule has 25 heavy (non-hydrogen) atoms. The van der Waals surface area contributed by atoms with Crippen LogP contribution >= 0.6 is 0 Å². The zero-order valence-corrected chi connectivity index (χ0v) is 14.5. The number of fused-ring (bicyclic) bond motifs is 1. The lowest BCUT2D eigenvalue weighted by Gasteiger charge is -2.19. The summed E-state index contributed by atoms with van der Waals surface area (Å²) in [5.74, 6) is 1.57. The Balaban J connectivity index is 1.71. The van der Waals surface area contributed by atoms with E-state index in [1.54, 1.807) is 30.5 Å². The van der Waals surface area contributed by atoms with Crippen molar-refractivity contribution in [2.75, 3.05) is 37.0 Å². The lowest BCUT2D eigenvalue weighted by molar-refractivity contribution is 0.102. The zero-order valence-electron chi connectivity index (χ0n) is 14.5. The molecule has 0 unspecified atom stereocenters. The molecule has 1 aliphatic rings. The minimum absolute atomic E-state index is 0.288. The summed E-state index contributed by atoms with van der Waals surface area (Å²) in [6, 6.07) is 6.92. The van der Waals surface area contributed by atoms with Gasteiger partial charge in [0.15, 0.2) is 11.5 Å². The molecular formula is C18H22N4O3. The van der Waals surface area contributed by atoms with Gasteiger partial charge >= 0.3 is 0 Å². The maximum Gasteiger partial charge on any atom is 0.274 e. The van der Waals surface area contributed by atoms with Gasteiger partial charge in [0.25, 0.3) is 5.91 Å². The van der Waals surface area contributed by atoms with Crippen LogP contribution in [0, 0.1) is 0 Å². The van der Waals surface area contributed by atoms with Crippen LogP contribution in [0.3, 0.4) is 0 Å². The summed E-state index contributed by atoms with van der Waals surface area (Å²) < 4.78 is 11.0. The molecular weight excluding hydrogens is 320 g/mol. The number of carbonyl (C=O) groups excluding carboxylic acids is 1. The van der Waals surface area contributed by atoms with Gasteiger partial charge in [-0.05, 0) is 24.6 Å². The van der Waals surface area contributed by atoms with E-state index >= 15 is 0 Å². The van der Waals surface area contributed by atoms with Gasteiger partial charge in [0.2, 0.25) is 5.95 Å². The first-order valence-corrected chi connectivity index (χ1v) is 8.42. The maximum absolute atomic E-state index is 12.5. The average Bonchev–Trinajstić information content (AvgIpc) is 2.66. The molecule has 1 aliphatic heterocycles. The van der Waals surface area contributed by atoms with Gasteiger partial charge in [-0.25, -0.2) is 9.97 Å². The molecule has 1 N–H and O–H groups in total. The van der Waals surface area contributed by atoms with Gasteiger partial charge in [0.1, 0.15) is 18.9 Å². The predicted octanol–water partition coefficient (Wildman–Crippen LogP) is 2.74. The summed E-state index contributed by atoms with van der Waals surface area (Å²) in [4.78, 5) is 23.0. The van der Waals surface area contributed by atoms with Crippen LogP contribution in [-0.4, -0.2) is 42.7 Å². The van der Waals surface area contributed by atoms with E-state index in [-0.39, 0.29) is 5.91 Å². The molecule has 0 radical (unpaired) electrons. The van der Waals surface area contributed by atoms with Crippen molar-refractivity contribution in [2.24, 2.45) is 0 Å². The SMILES string of the molecule is CCCCN(C)c1nccc(C(=O)Nc2ccc3c(c2)OCCO3)n1. The van der Waals surface area contributed by atoms with E-state index in [4.69, 9.17) is 9.47 Å². The molecule has 132 valence electrons. The standard InChI is InChI=1S/C18H22N4O3/c1-3-4-9-22(2)18-19-8-7-14(21-18)17(23)20-13-5-6-15-16(12-13)25-11-10-24-15/h5-8,12H,3-4,9-11H2,1-2H3,(H,20,23). The number of unbranched alkanes of at least 4 members (excludes halogenated alkanes) is 1. The minimum Gasteiger partial charge on any atom is -0.486 e. The Bertz CT molecular complexity index is 751. The molecule has 0 saturated carbocycles. The first kappa shape index (κ1) is 17.0. The third kappa shape index (κ3) is 4.17. The summed E-state index contributed by atoms with van der Waals surface area (Å²) >= 11 is 0. The highest BCUT2D eigenvalue weighted by molar-refractivity contribution is 6.03. The molecule has 0 bridgehead atoms. The number of aromatic nitrogens is 2. The van der Waals surface area contributed by atoms with Crippen LogP contribution in [0.15, 0.2) is 30.5 Å². The van der Waals surface area contributed by atoms with Crippen molar-refractivity contribution in [1.82, 2.24) is 9.97 Å². The van der Waals surface area contributed by atoms with Gasteiger partial charge in [-0.3, -0.25) is 4.79 Å². The summed E-state index contributed by atoms with van der Waals surface area (Å²) in [7, 11) is 1.92. The Morgan fingerprint density at radius 2 is 2.04 bits per heavy atom. The normalized spacial score (nSPS) is 12.6. The lowest BCUT2D eigenvalue weighted by Crippen LogP contribution is -2.23. The summed E-state index contributed by atoms with van der Waals surface area (Å²) in [5.41, 5.74) is 0.956. The number of benzene rings is 1. The van der Waals surface area contributed by atoms with E-state index in [2.05, 4.69) is 22.2 Å². The van der Waals surface area contributed by atoms with Crippen molar-refractivity contribution < 1.29 is 14.3 Å².